The standard InChI is InChI=1S/C14H17ClFN3/c1-2-17-8-4-5-11-9-18-19(10-11)14-12(15)6-3-7-13(14)16/h3,6-7,9-10,17H,2,4-5,8H2,1H3. The topological polar surface area (TPSA) is 29.9 Å². The fourth-order valence-corrected chi connectivity index (χ4v) is 2.16. The van der Waals surface area contributed by atoms with Crippen LogP contribution in [0.3, 0.4) is 0 Å². The van der Waals surface area contributed by atoms with Gasteiger partial charge in [-0.1, -0.05) is 24.6 Å². The molecule has 0 radical (unpaired) electrons. The molecule has 1 aromatic carbocycles. The number of hydrogen-bond donors (Lipinski definition) is 1. The Morgan fingerprint density at radius 3 is 3.00 bits per heavy atom. The molecule has 19 heavy (non-hydrogen) atoms. The van der Waals surface area contributed by atoms with Crippen molar-refractivity contribution < 1.29 is 4.39 Å². The van der Waals surface area contributed by atoms with Crippen LogP contribution < -0.4 is 5.32 Å². The Morgan fingerprint density at radius 1 is 1.42 bits per heavy atom. The highest BCUT2D eigenvalue weighted by atomic mass is 35.5. The zero-order chi connectivity index (χ0) is 13.7. The Morgan fingerprint density at radius 2 is 2.26 bits per heavy atom. The Labute approximate surface area is 117 Å². The zero-order valence-electron chi connectivity index (χ0n) is 10.9. The van der Waals surface area contributed by atoms with Gasteiger partial charge in [0.2, 0.25) is 0 Å². The van der Waals surface area contributed by atoms with Crippen LogP contribution in [0.2, 0.25) is 5.02 Å². The van der Waals surface area contributed by atoms with Gasteiger partial charge in [0, 0.05) is 6.20 Å². The summed E-state index contributed by atoms with van der Waals surface area (Å²) in [6.45, 7) is 4.03. The first-order valence-electron chi connectivity index (χ1n) is 6.41. The van der Waals surface area contributed by atoms with Gasteiger partial charge >= 0.3 is 0 Å². The summed E-state index contributed by atoms with van der Waals surface area (Å²) in [7, 11) is 0. The van der Waals surface area contributed by atoms with E-state index in [4.69, 9.17) is 11.6 Å². The van der Waals surface area contributed by atoms with E-state index < -0.39 is 0 Å². The molecule has 2 aromatic rings. The predicted molar refractivity (Wildman–Crippen MR) is 75.4 cm³/mol. The summed E-state index contributed by atoms with van der Waals surface area (Å²) in [6.07, 6.45) is 5.54. The van der Waals surface area contributed by atoms with E-state index in [2.05, 4.69) is 17.3 Å². The van der Waals surface area contributed by atoms with Crippen molar-refractivity contribution in [2.45, 2.75) is 19.8 Å². The van der Waals surface area contributed by atoms with Crippen molar-refractivity contribution in [3.8, 4) is 5.69 Å². The molecule has 3 nitrogen and oxygen atoms in total. The van der Waals surface area contributed by atoms with E-state index in [1.54, 1.807) is 18.3 Å². The van der Waals surface area contributed by atoms with Crippen molar-refractivity contribution in [3.05, 3.63) is 47.0 Å². The number of rotatable bonds is 6. The summed E-state index contributed by atoms with van der Waals surface area (Å²) in [4.78, 5) is 0. The van der Waals surface area contributed by atoms with Crippen LogP contribution in [0.4, 0.5) is 4.39 Å². The van der Waals surface area contributed by atoms with Gasteiger partial charge in [-0.25, -0.2) is 9.07 Å². The van der Waals surface area contributed by atoms with E-state index in [0.717, 1.165) is 31.5 Å². The Bertz CT molecular complexity index is 519. The highest BCUT2D eigenvalue weighted by Gasteiger charge is 2.10. The molecule has 5 heteroatoms. The average molecular weight is 282 g/mol. The van der Waals surface area contributed by atoms with Gasteiger partial charge in [0.05, 0.1) is 11.2 Å². The number of nitrogens with zero attached hydrogens (tertiary/aromatic N) is 2. The summed E-state index contributed by atoms with van der Waals surface area (Å²) in [6, 6.07) is 4.63. The van der Waals surface area contributed by atoms with Crippen molar-refractivity contribution in [2.24, 2.45) is 0 Å². The maximum atomic E-state index is 13.7. The molecule has 1 aromatic heterocycles. The third-order valence-electron chi connectivity index (χ3n) is 2.87. The second-order valence-electron chi connectivity index (χ2n) is 4.32. The molecule has 0 amide bonds. The maximum absolute atomic E-state index is 13.7. The van der Waals surface area contributed by atoms with Crippen molar-refractivity contribution in [1.29, 1.82) is 0 Å². The van der Waals surface area contributed by atoms with E-state index in [1.165, 1.54) is 10.7 Å². The first-order valence-corrected chi connectivity index (χ1v) is 6.79. The molecular formula is C14H17ClFN3. The molecule has 0 saturated carbocycles. The average Bonchev–Trinajstić information content (AvgIpc) is 2.83. The van der Waals surface area contributed by atoms with E-state index in [1.807, 2.05) is 6.20 Å². The molecule has 102 valence electrons. The molecule has 1 N–H and O–H groups in total. The molecule has 0 unspecified atom stereocenters. The summed E-state index contributed by atoms with van der Waals surface area (Å²) in [5.74, 6) is -0.366. The predicted octanol–water partition coefficient (Wildman–Crippen LogP) is 3.21. The van der Waals surface area contributed by atoms with Gasteiger partial charge in [0.15, 0.2) is 0 Å². The first-order chi connectivity index (χ1) is 9.22. The molecule has 0 fully saturated rings. The molecule has 0 spiro atoms. The van der Waals surface area contributed by atoms with Gasteiger partial charge in [0.25, 0.3) is 0 Å². The van der Waals surface area contributed by atoms with Gasteiger partial charge in [-0.3, -0.25) is 0 Å². The number of hydrogen-bond acceptors (Lipinski definition) is 2. The summed E-state index contributed by atoms with van der Waals surface area (Å²) in [5.41, 5.74) is 1.39. The fraction of sp³-hybridized carbons (Fsp3) is 0.357. The molecular weight excluding hydrogens is 265 g/mol. The highest BCUT2D eigenvalue weighted by molar-refractivity contribution is 6.32. The maximum Gasteiger partial charge on any atom is 0.150 e. The van der Waals surface area contributed by atoms with Gasteiger partial charge in [-0.2, -0.15) is 5.10 Å². The van der Waals surface area contributed by atoms with Crippen molar-refractivity contribution in [2.75, 3.05) is 13.1 Å². The third kappa shape index (κ3) is 3.55. The summed E-state index contributed by atoms with van der Waals surface area (Å²) >= 11 is 6.01. The van der Waals surface area contributed by atoms with E-state index in [-0.39, 0.29) is 5.82 Å². The number of para-hydroxylation sites is 1. The number of halogens is 2. The van der Waals surface area contributed by atoms with E-state index in [0.29, 0.717) is 10.7 Å². The summed E-state index contributed by atoms with van der Waals surface area (Å²) in [5, 5.41) is 7.81. The molecule has 2 rings (SSSR count). The lowest BCUT2D eigenvalue weighted by Gasteiger charge is -2.05. The second kappa shape index (κ2) is 6.68. The molecule has 0 aliphatic rings. The van der Waals surface area contributed by atoms with Crippen molar-refractivity contribution in [1.82, 2.24) is 15.1 Å². The molecule has 0 bridgehead atoms. The lowest BCUT2D eigenvalue weighted by Crippen LogP contribution is -2.14. The quantitative estimate of drug-likeness (QED) is 0.824. The molecule has 0 aliphatic carbocycles. The van der Waals surface area contributed by atoms with Crippen molar-refractivity contribution in [3.63, 3.8) is 0 Å². The normalized spacial score (nSPS) is 10.9. The number of nitrogens with one attached hydrogen (secondary N) is 1. The van der Waals surface area contributed by atoms with Gasteiger partial charge < -0.3 is 5.32 Å². The van der Waals surface area contributed by atoms with Crippen LogP contribution in [-0.4, -0.2) is 22.9 Å². The van der Waals surface area contributed by atoms with Crippen LogP contribution in [0.1, 0.15) is 18.9 Å². The van der Waals surface area contributed by atoms with E-state index in [9.17, 15) is 4.39 Å². The minimum atomic E-state index is -0.366. The van der Waals surface area contributed by atoms with Crippen molar-refractivity contribution >= 4 is 11.6 Å². The lowest BCUT2D eigenvalue weighted by molar-refractivity contribution is 0.611. The Hall–Kier alpha value is -1.39. The zero-order valence-corrected chi connectivity index (χ0v) is 11.6. The molecule has 0 aliphatic heterocycles. The van der Waals surface area contributed by atoms with Crippen LogP contribution >= 0.6 is 11.6 Å². The van der Waals surface area contributed by atoms with Crippen LogP contribution in [0.25, 0.3) is 5.69 Å². The Balaban J connectivity index is 2.08. The van der Waals surface area contributed by atoms with Crippen LogP contribution in [-0.2, 0) is 6.42 Å². The minimum absolute atomic E-state index is 0.307. The molecule has 0 saturated heterocycles. The lowest BCUT2D eigenvalue weighted by atomic mass is 10.2. The molecule has 1 heterocycles. The third-order valence-corrected chi connectivity index (χ3v) is 3.18. The van der Waals surface area contributed by atoms with Crippen LogP contribution in [0.5, 0.6) is 0 Å². The van der Waals surface area contributed by atoms with Gasteiger partial charge in [-0.05, 0) is 43.6 Å². The largest absolute Gasteiger partial charge is 0.317 e. The van der Waals surface area contributed by atoms with Crippen LogP contribution in [0.15, 0.2) is 30.6 Å². The summed E-state index contributed by atoms with van der Waals surface area (Å²) < 4.78 is 15.2. The van der Waals surface area contributed by atoms with E-state index >= 15 is 0 Å². The molecule has 0 atom stereocenters. The number of aryl methyl sites for hydroxylation is 1. The first kappa shape index (κ1) is 14.0. The SMILES string of the molecule is CCNCCCc1cnn(-c2c(F)cccc2Cl)c1. The fourth-order valence-electron chi connectivity index (χ4n) is 1.91. The monoisotopic (exact) mass is 281 g/mol. The highest BCUT2D eigenvalue weighted by Crippen LogP contribution is 2.23. The van der Waals surface area contributed by atoms with Gasteiger partial charge in [-0.15, -0.1) is 0 Å². The number of benzene rings is 1. The number of aromatic nitrogens is 2. The van der Waals surface area contributed by atoms with Crippen LogP contribution in [0, 0.1) is 5.82 Å². The van der Waals surface area contributed by atoms with Gasteiger partial charge in [0.1, 0.15) is 11.5 Å². The second-order valence-corrected chi connectivity index (χ2v) is 4.73. The minimum Gasteiger partial charge on any atom is -0.317 e. The Kier molecular flexibility index (Phi) is 4.93. The smallest absolute Gasteiger partial charge is 0.150 e.